The zero-order chi connectivity index (χ0) is 11.1. The third kappa shape index (κ3) is 4.27. The van der Waals surface area contributed by atoms with Crippen LogP contribution in [0.3, 0.4) is 0 Å². The molecule has 0 aliphatic rings. The van der Waals surface area contributed by atoms with Crippen LogP contribution < -0.4 is 5.32 Å². The van der Waals surface area contributed by atoms with E-state index in [1.54, 1.807) is 12.4 Å². The van der Waals surface area contributed by atoms with Crippen molar-refractivity contribution in [1.29, 1.82) is 0 Å². The molecule has 1 aromatic heterocycles. The maximum Gasteiger partial charge on any atom is 0.0836 e. The summed E-state index contributed by atoms with van der Waals surface area (Å²) < 4.78 is 0. The van der Waals surface area contributed by atoms with Gasteiger partial charge in [-0.05, 0) is 6.42 Å². The van der Waals surface area contributed by atoms with Gasteiger partial charge in [-0.2, -0.15) is 0 Å². The molecule has 0 spiro atoms. The SMILES string of the molecule is CCCCCCNc1c(Cl)cncc1Cl. The zero-order valence-corrected chi connectivity index (χ0v) is 10.4. The van der Waals surface area contributed by atoms with Gasteiger partial charge in [-0.3, -0.25) is 4.98 Å². The quantitative estimate of drug-likeness (QED) is 0.754. The predicted octanol–water partition coefficient (Wildman–Crippen LogP) is 4.38. The highest BCUT2D eigenvalue weighted by molar-refractivity contribution is 6.38. The molecule has 1 aromatic rings. The number of halogens is 2. The van der Waals surface area contributed by atoms with Crippen molar-refractivity contribution >= 4 is 28.9 Å². The van der Waals surface area contributed by atoms with Crippen molar-refractivity contribution in [2.24, 2.45) is 0 Å². The molecule has 0 saturated carbocycles. The average molecular weight is 247 g/mol. The Morgan fingerprint density at radius 1 is 1.13 bits per heavy atom. The molecule has 0 aliphatic carbocycles. The van der Waals surface area contributed by atoms with Crippen molar-refractivity contribution in [3.8, 4) is 0 Å². The van der Waals surface area contributed by atoms with E-state index >= 15 is 0 Å². The highest BCUT2D eigenvalue weighted by Crippen LogP contribution is 2.28. The number of hydrogen-bond acceptors (Lipinski definition) is 2. The highest BCUT2D eigenvalue weighted by Gasteiger charge is 2.04. The fourth-order valence-electron chi connectivity index (χ4n) is 1.35. The molecule has 1 N–H and O–H groups in total. The smallest absolute Gasteiger partial charge is 0.0836 e. The third-order valence-corrected chi connectivity index (χ3v) is 2.76. The van der Waals surface area contributed by atoms with Crippen LogP contribution in [0.4, 0.5) is 5.69 Å². The second-order valence-electron chi connectivity index (χ2n) is 3.47. The van der Waals surface area contributed by atoms with Crippen LogP contribution in [0.2, 0.25) is 10.0 Å². The van der Waals surface area contributed by atoms with Crippen LogP contribution in [0.5, 0.6) is 0 Å². The summed E-state index contributed by atoms with van der Waals surface area (Å²) in [4.78, 5) is 3.90. The van der Waals surface area contributed by atoms with Crippen LogP contribution in [-0.2, 0) is 0 Å². The summed E-state index contributed by atoms with van der Waals surface area (Å²) in [6, 6.07) is 0. The Balaban J connectivity index is 2.37. The van der Waals surface area contributed by atoms with Crippen LogP contribution in [-0.4, -0.2) is 11.5 Å². The molecule has 4 heteroatoms. The van der Waals surface area contributed by atoms with Gasteiger partial charge in [0.2, 0.25) is 0 Å². The number of hydrogen-bond donors (Lipinski definition) is 1. The predicted molar refractivity (Wildman–Crippen MR) is 66.9 cm³/mol. The molecule has 0 radical (unpaired) electrons. The normalized spacial score (nSPS) is 10.3. The minimum Gasteiger partial charge on any atom is -0.383 e. The largest absolute Gasteiger partial charge is 0.383 e. The Bertz CT molecular complexity index is 282. The number of unbranched alkanes of at least 4 members (excludes halogenated alkanes) is 3. The van der Waals surface area contributed by atoms with E-state index in [1.165, 1.54) is 19.3 Å². The Labute approximate surface area is 101 Å². The number of aromatic nitrogens is 1. The van der Waals surface area contributed by atoms with Gasteiger partial charge in [-0.1, -0.05) is 49.4 Å². The van der Waals surface area contributed by atoms with Gasteiger partial charge in [-0.15, -0.1) is 0 Å². The lowest BCUT2D eigenvalue weighted by atomic mass is 10.2. The third-order valence-electron chi connectivity index (χ3n) is 2.19. The molecule has 0 saturated heterocycles. The summed E-state index contributed by atoms with van der Waals surface area (Å²) in [5, 5.41) is 4.40. The first-order valence-electron chi connectivity index (χ1n) is 5.28. The Kier molecular flexibility index (Phi) is 5.81. The Morgan fingerprint density at radius 2 is 1.80 bits per heavy atom. The molecular formula is C11H16Cl2N2. The Hall–Kier alpha value is -0.470. The highest BCUT2D eigenvalue weighted by atomic mass is 35.5. The van der Waals surface area contributed by atoms with Crippen molar-refractivity contribution in [2.45, 2.75) is 32.6 Å². The molecule has 0 atom stereocenters. The summed E-state index contributed by atoms with van der Waals surface area (Å²) in [6.45, 7) is 3.10. The van der Waals surface area contributed by atoms with E-state index in [4.69, 9.17) is 23.2 Å². The van der Waals surface area contributed by atoms with Crippen LogP contribution in [0.25, 0.3) is 0 Å². The maximum absolute atomic E-state index is 5.96. The van der Waals surface area contributed by atoms with E-state index in [1.807, 2.05) is 0 Å². The topological polar surface area (TPSA) is 24.9 Å². The van der Waals surface area contributed by atoms with E-state index in [-0.39, 0.29) is 0 Å². The molecule has 0 aliphatic heterocycles. The summed E-state index contributed by atoms with van der Waals surface area (Å²) >= 11 is 11.9. The van der Waals surface area contributed by atoms with E-state index < -0.39 is 0 Å². The first-order chi connectivity index (χ1) is 7.25. The van der Waals surface area contributed by atoms with Gasteiger partial charge in [0, 0.05) is 18.9 Å². The van der Waals surface area contributed by atoms with Crippen LogP contribution >= 0.6 is 23.2 Å². The van der Waals surface area contributed by atoms with Crippen LogP contribution in [0, 0.1) is 0 Å². The van der Waals surface area contributed by atoms with Crippen molar-refractivity contribution in [1.82, 2.24) is 4.98 Å². The van der Waals surface area contributed by atoms with Gasteiger partial charge >= 0.3 is 0 Å². The van der Waals surface area contributed by atoms with Gasteiger partial charge in [0.05, 0.1) is 15.7 Å². The van der Waals surface area contributed by atoms with Crippen molar-refractivity contribution in [3.05, 3.63) is 22.4 Å². The summed E-state index contributed by atoms with van der Waals surface area (Å²) in [5.74, 6) is 0. The van der Waals surface area contributed by atoms with E-state index in [9.17, 15) is 0 Å². The molecule has 0 amide bonds. The molecule has 0 unspecified atom stereocenters. The van der Waals surface area contributed by atoms with Crippen molar-refractivity contribution in [2.75, 3.05) is 11.9 Å². The standard InChI is InChI=1S/C11H16Cl2N2/c1-2-3-4-5-6-15-11-9(12)7-14-8-10(11)13/h7-8H,2-6H2,1H3,(H,14,15). The molecule has 15 heavy (non-hydrogen) atoms. The number of pyridine rings is 1. The number of nitrogens with zero attached hydrogens (tertiary/aromatic N) is 1. The molecule has 1 heterocycles. The average Bonchev–Trinajstić information content (AvgIpc) is 2.21. The fourth-order valence-corrected chi connectivity index (χ4v) is 1.84. The van der Waals surface area contributed by atoms with Crippen LogP contribution in [0.1, 0.15) is 32.6 Å². The van der Waals surface area contributed by atoms with Gasteiger partial charge < -0.3 is 5.32 Å². The molecule has 84 valence electrons. The lowest BCUT2D eigenvalue weighted by Gasteiger charge is -2.09. The van der Waals surface area contributed by atoms with Gasteiger partial charge in [0.15, 0.2) is 0 Å². The monoisotopic (exact) mass is 246 g/mol. The fraction of sp³-hybridized carbons (Fsp3) is 0.545. The zero-order valence-electron chi connectivity index (χ0n) is 8.89. The van der Waals surface area contributed by atoms with Gasteiger partial charge in [0.25, 0.3) is 0 Å². The van der Waals surface area contributed by atoms with E-state index in [0.717, 1.165) is 18.7 Å². The van der Waals surface area contributed by atoms with Gasteiger partial charge in [0.1, 0.15) is 0 Å². The molecular weight excluding hydrogens is 231 g/mol. The Morgan fingerprint density at radius 3 is 2.40 bits per heavy atom. The molecule has 0 aromatic carbocycles. The molecule has 0 bridgehead atoms. The molecule has 0 fully saturated rings. The summed E-state index contributed by atoms with van der Waals surface area (Å²) in [6.07, 6.45) is 8.10. The molecule has 1 rings (SSSR count). The molecule has 2 nitrogen and oxygen atoms in total. The van der Waals surface area contributed by atoms with E-state index in [2.05, 4.69) is 17.2 Å². The van der Waals surface area contributed by atoms with Crippen LogP contribution in [0.15, 0.2) is 12.4 Å². The van der Waals surface area contributed by atoms with Crippen molar-refractivity contribution in [3.63, 3.8) is 0 Å². The first-order valence-corrected chi connectivity index (χ1v) is 6.04. The second-order valence-corrected chi connectivity index (χ2v) is 4.28. The first kappa shape index (κ1) is 12.6. The summed E-state index contributed by atoms with van der Waals surface area (Å²) in [5.41, 5.74) is 0.796. The minimum absolute atomic E-state index is 0.581. The van der Waals surface area contributed by atoms with Gasteiger partial charge in [-0.25, -0.2) is 0 Å². The van der Waals surface area contributed by atoms with E-state index in [0.29, 0.717) is 10.0 Å². The number of nitrogens with one attached hydrogen (secondary N) is 1. The number of anilines is 1. The minimum atomic E-state index is 0.581. The lowest BCUT2D eigenvalue weighted by molar-refractivity contribution is 0.685. The van der Waals surface area contributed by atoms with Crippen molar-refractivity contribution < 1.29 is 0 Å². The summed E-state index contributed by atoms with van der Waals surface area (Å²) in [7, 11) is 0. The lowest BCUT2D eigenvalue weighted by Crippen LogP contribution is -2.02. The number of rotatable bonds is 6. The second kappa shape index (κ2) is 6.91. The maximum atomic E-state index is 5.96.